The van der Waals surface area contributed by atoms with Crippen LogP contribution in [0.3, 0.4) is 0 Å². The largest absolute Gasteiger partial charge is 0.396 e. The molecule has 1 fully saturated rings. The van der Waals surface area contributed by atoms with Gasteiger partial charge in [0.05, 0.1) is 11.8 Å². The summed E-state index contributed by atoms with van der Waals surface area (Å²) < 4.78 is 7.88. The third kappa shape index (κ3) is 3.85. The molecular weight excluding hydrogens is 278 g/mol. The molecule has 0 aliphatic carbocycles. The fourth-order valence-electron chi connectivity index (χ4n) is 3.01. The number of aliphatic hydroxyl groups is 1. The van der Waals surface area contributed by atoms with Crippen LogP contribution in [0.15, 0.2) is 24.5 Å². The van der Waals surface area contributed by atoms with E-state index in [9.17, 15) is 0 Å². The number of aromatic nitrogens is 2. The number of ether oxygens (including phenoxy) is 1. The summed E-state index contributed by atoms with van der Waals surface area (Å²) in [6.07, 6.45) is 7.47. The normalized spacial score (nSPS) is 17.4. The lowest BCUT2D eigenvalue weighted by Gasteiger charge is -2.31. The van der Waals surface area contributed by atoms with Crippen molar-refractivity contribution in [3.63, 3.8) is 0 Å². The molecule has 0 unspecified atom stereocenters. The van der Waals surface area contributed by atoms with E-state index in [0.717, 1.165) is 50.2 Å². The Morgan fingerprint density at radius 1 is 1.27 bits per heavy atom. The van der Waals surface area contributed by atoms with Crippen LogP contribution in [-0.4, -0.2) is 51.8 Å². The lowest BCUT2D eigenvalue weighted by atomic mass is 10.1. The number of aryl methyl sites for hydroxylation is 1. The topological polar surface area (TPSA) is 50.0 Å². The van der Waals surface area contributed by atoms with Gasteiger partial charge in [-0.2, -0.15) is 0 Å². The molecule has 120 valence electrons. The third-order valence-corrected chi connectivity index (χ3v) is 4.23. The quantitative estimate of drug-likeness (QED) is 0.829. The highest BCUT2D eigenvalue weighted by atomic mass is 16.5. The summed E-state index contributed by atoms with van der Waals surface area (Å²) in [4.78, 5) is 7.13. The molecule has 1 saturated heterocycles. The molecule has 2 aromatic rings. The number of hydrogen-bond donors (Lipinski definition) is 1. The van der Waals surface area contributed by atoms with E-state index >= 15 is 0 Å². The van der Waals surface area contributed by atoms with Crippen LogP contribution in [0.1, 0.15) is 30.5 Å². The van der Waals surface area contributed by atoms with Gasteiger partial charge >= 0.3 is 0 Å². The van der Waals surface area contributed by atoms with E-state index in [2.05, 4.69) is 45.7 Å². The van der Waals surface area contributed by atoms with Gasteiger partial charge in [0.1, 0.15) is 5.65 Å². The van der Waals surface area contributed by atoms with Crippen molar-refractivity contribution >= 4 is 5.65 Å². The summed E-state index contributed by atoms with van der Waals surface area (Å²) in [7, 11) is 0. The average Bonchev–Trinajstić information content (AvgIpc) is 2.90. The zero-order valence-corrected chi connectivity index (χ0v) is 13.2. The summed E-state index contributed by atoms with van der Waals surface area (Å²) in [5, 5.41) is 8.78. The van der Waals surface area contributed by atoms with Crippen LogP contribution in [0.2, 0.25) is 0 Å². The standard InChI is InChI=1S/C17H25N3O2/c1-14-3-4-17-18-15(13-20(17)11-14)12-19-7-5-16(6-8-19)22-10-2-9-21/h3-4,11,13,16,21H,2,5-10,12H2,1H3. The Morgan fingerprint density at radius 2 is 2.09 bits per heavy atom. The number of imidazole rings is 1. The first kappa shape index (κ1) is 15.5. The van der Waals surface area contributed by atoms with Crippen LogP contribution in [0.5, 0.6) is 0 Å². The molecule has 22 heavy (non-hydrogen) atoms. The molecule has 5 heteroatoms. The molecule has 0 aromatic carbocycles. The number of nitrogens with zero attached hydrogens (tertiary/aromatic N) is 3. The van der Waals surface area contributed by atoms with E-state index in [1.54, 1.807) is 0 Å². The first-order chi connectivity index (χ1) is 10.7. The minimum absolute atomic E-state index is 0.214. The van der Waals surface area contributed by atoms with Gasteiger partial charge in [-0.25, -0.2) is 4.98 Å². The molecule has 0 spiro atoms. The number of aliphatic hydroxyl groups excluding tert-OH is 1. The van der Waals surface area contributed by atoms with Crippen molar-refractivity contribution in [3.05, 3.63) is 35.8 Å². The van der Waals surface area contributed by atoms with Gasteiger partial charge < -0.3 is 14.2 Å². The Morgan fingerprint density at radius 3 is 2.86 bits per heavy atom. The monoisotopic (exact) mass is 303 g/mol. The maximum atomic E-state index is 8.78. The average molecular weight is 303 g/mol. The Balaban J connectivity index is 1.51. The molecule has 0 atom stereocenters. The number of piperidine rings is 1. The summed E-state index contributed by atoms with van der Waals surface area (Å²) in [5.74, 6) is 0. The van der Waals surface area contributed by atoms with Crippen molar-refractivity contribution in [3.8, 4) is 0 Å². The van der Waals surface area contributed by atoms with Crippen molar-refractivity contribution in [1.82, 2.24) is 14.3 Å². The SMILES string of the molecule is Cc1ccc2nc(CN3CCC(OCCCO)CC3)cn2c1. The molecule has 1 aliphatic rings. The highest BCUT2D eigenvalue weighted by molar-refractivity contribution is 5.41. The predicted molar refractivity (Wildman–Crippen MR) is 85.9 cm³/mol. The van der Waals surface area contributed by atoms with E-state index in [1.165, 1.54) is 5.56 Å². The molecule has 2 aromatic heterocycles. The van der Waals surface area contributed by atoms with Crippen LogP contribution in [0, 0.1) is 6.92 Å². The number of hydrogen-bond acceptors (Lipinski definition) is 4. The molecule has 5 nitrogen and oxygen atoms in total. The molecule has 0 saturated carbocycles. The summed E-state index contributed by atoms with van der Waals surface area (Å²) >= 11 is 0. The molecule has 3 heterocycles. The van der Waals surface area contributed by atoms with Gasteiger partial charge in [0, 0.05) is 45.2 Å². The second kappa shape index (κ2) is 7.22. The third-order valence-electron chi connectivity index (χ3n) is 4.23. The van der Waals surface area contributed by atoms with Gasteiger partial charge in [0.25, 0.3) is 0 Å². The lowest BCUT2D eigenvalue weighted by Crippen LogP contribution is -2.36. The number of likely N-dealkylation sites (tertiary alicyclic amines) is 1. The number of pyridine rings is 1. The van der Waals surface area contributed by atoms with Crippen LogP contribution in [0.25, 0.3) is 5.65 Å². The minimum atomic E-state index is 0.214. The van der Waals surface area contributed by atoms with E-state index in [1.807, 2.05) is 0 Å². The fourth-order valence-corrected chi connectivity index (χ4v) is 3.01. The Bertz CT molecular complexity index is 603. The maximum absolute atomic E-state index is 8.78. The van der Waals surface area contributed by atoms with Crippen molar-refractivity contribution < 1.29 is 9.84 Å². The molecular formula is C17H25N3O2. The lowest BCUT2D eigenvalue weighted by molar-refractivity contribution is 0.000600. The summed E-state index contributed by atoms with van der Waals surface area (Å²) in [6.45, 7) is 6.00. The summed E-state index contributed by atoms with van der Waals surface area (Å²) in [6, 6.07) is 4.17. The number of rotatable bonds is 6. The van der Waals surface area contributed by atoms with Crippen LogP contribution in [-0.2, 0) is 11.3 Å². The second-order valence-corrected chi connectivity index (χ2v) is 6.13. The predicted octanol–water partition coefficient (Wildman–Crippen LogP) is 2.01. The van der Waals surface area contributed by atoms with Gasteiger partial charge in [-0.15, -0.1) is 0 Å². The van der Waals surface area contributed by atoms with Crippen molar-refractivity contribution in [2.24, 2.45) is 0 Å². The highest BCUT2D eigenvalue weighted by Crippen LogP contribution is 2.17. The maximum Gasteiger partial charge on any atom is 0.137 e. The van der Waals surface area contributed by atoms with E-state index in [4.69, 9.17) is 9.84 Å². The minimum Gasteiger partial charge on any atom is -0.396 e. The Kier molecular flexibility index (Phi) is 5.08. The van der Waals surface area contributed by atoms with Crippen molar-refractivity contribution in [2.45, 2.75) is 38.8 Å². The molecule has 0 amide bonds. The van der Waals surface area contributed by atoms with E-state index in [0.29, 0.717) is 12.7 Å². The fraction of sp³-hybridized carbons (Fsp3) is 0.588. The van der Waals surface area contributed by atoms with Gasteiger partial charge in [0.2, 0.25) is 0 Å². The Labute approximate surface area is 131 Å². The van der Waals surface area contributed by atoms with Crippen molar-refractivity contribution in [1.29, 1.82) is 0 Å². The zero-order valence-electron chi connectivity index (χ0n) is 13.2. The molecule has 1 N–H and O–H groups in total. The molecule has 1 aliphatic heterocycles. The van der Waals surface area contributed by atoms with Crippen LogP contribution < -0.4 is 0 Å². The molecule has 0 radical (unpaired) electrons. The van der Waals surface area contributed by atoms with Crippen molar-refractivity contribution in [2.75, 3.05) is 26.3 Å². The summed E-state index contributed by atoms with van der Waals surface area (Å²) in [5.41, 5.74) is 3.39. The van der Waals surface area contributed by atoms with E-state index in [-0.39, 0.29) is 6.61 Å². The van der Waals surface area contributed by atoms with Gasteiger partial charge in [-0.3, -0.25) is 4.90 Å². The van der Waals surface area contributed by atoms with Gasteiger partial charge in [-0.05, 0) is 37.8 Å². The second-order valence-electron chi connectivity index (χ2n) is 6.13. The van der Waals surface area contributed by atoms with Crippen LogP contribution >= 0.6 is 0 Å². The molecule has 0 bridgehead atoms. The zero-order chi connectivity index (χ0) is 15.4. The van der Waals surface area contributed by atoms with Gasteiger partial charge in [0.15, 0.2) is 0 Å². The highest BCUT2D eigenvalue weighted by Gasteiger charge is 2.20. The van der Waals surface area contributed by atoms with Crippen LogP contribution in [0.4, 0.5) is 0 Å². The smallest absolute Gasteiger partial charge is 0.137 e. The molecule has 3 rings (SSSR count). The van der Waals surface area contributed by atoms with Gasteiger partial charge in [-0.1, -0.05) is 6.07 Å². The first-order valence-corrected chi connectivity index (χ1v) is 8.13. The first-order valence-electron chi connectivity index (χ1n) is 8.13. The Hall–Kier alpha value is -1.43. The number of fused-ring (bicyclic) bond motifs is 1. The van der Waals surface area contributed by atoms with E-state index < -0.39 is 0 Å².